The van der Waals surface area contributed by atoms with Crippen LogP contribution < -0.4 is 11.1 Å². The summed E-state index contributed by atoms with van der Waals surface area (Å²) in [6, 6.07) is 3.52. The molecule has 1 aromatic rings. The van der Waals surface area contributed by atoms with E-state index in [-0.39, 0.29) is 11.3 Å². The van der Waals surface area contributed by atoms with Gasteiger partial charge < -0.3 is 16.2 Å². The van der Waals surface area contributed by atoms with Gasteiger partial charge >= 0.3 is 5.97 Å². The highest BCUT2D eigenvalue weighted by atomic mass is 35.5. The Bertz CT molecular complexity index is 482. The predicted molar refractivity (Wildman–Crippen MR) is 77.8 cm³/mol. The number of rotatable bonds is 6. The number of nitrogens with two attached hydrogens (primary N) is 1. The average Bonchev–Trinajstić information content (AvgIpc) is 2.37. The van der Waals surface area contributed by atoms with Gasteiger partial charge in [0.15, 0.2) is 0 Å². The van der Waals surface area contributed by atoms with E-state index in [2.05, 4.69) is 5.32 Å². The summed E-state index contributed by atoms with van der Waals surface area (Å²) in [6.45, 7) is 0. The van der Waals surface area contributed by atoms with E-state index in [9.17, 15) is 9.59 Å². The first kappa shape index (κ1) is 15.7. The summed E-state index contributed by atoms with van der Waals surface area (Å²) in [6.07, 6.45) is 2.24. The number of nitrogens with one attached hydrogen (secondary N) is 1. The molecule has 0 unspecified atom stereocenters. The van der Waals surface area contributed by atoms with Gasteiger partial charge in [-0.1, -0.05) is 11.6 Å². The SMILES string of the molecule is CSCC[C@@H](NC(=O)c1ccc(Cl)c(N)c1)C(=O)O. The monoisotopic (exact) mass is 302 g/mol. The highest BCUT2D eigenvalue weighted by Crippen LogP contribution is 2.19. The maximum atomic E-state index is 11.9. The first-order valence-electron chi connectivity index (χ1n) is 5.53. The number of halogens is 1. The van der Waals surface area contributed by atoms with Gasteiger partial charge in [-0.25, -0.2) is 4.79 Å². The largest absolute Gasteiger partial charge is 0.480 e. The molecule has 0 bridgehead atoms. The third-order valence-electron chi connectivity index (χ3n) is 2.47. The van der Waals surface area contributed by atoms with E-state index in [0.717, 1.165) is 0 Å². The molecule has 1 atom stereocenters. The van der Waals surface area contributed by atoms with Gasteiger partial charge in [0.05, 0.1) is 10.7 Å². The minimum Gasteiger partial charge on any atom is -0.480 e. The molecule has 0 spiro atoms. The van der Waals surface area contributed by atoms with E-state index < -0.39 is 17.9 Å². The molecule has 7 heteroatoms. The number of hydrogen-bond acceptors (Lipinski definition) is 4. The smallest absolute Gasteiger partial charge is 0.326 e. The number of carbonyl (C=O) groups excluding carboxylic acids is 1. The molecule has 5 nitrogen and oxygen atoms in total. The zero-order chi connectivity index (χ0) is 14.4. The van der Waals surface area contributed by atoms with Gasteiger partial charge in [-0.15, -0.1) is 0 Å². The van der Waals surface area contributed by atoms with Gasteiger partial charge in [0, 0.05) is 5.56 Å². The molecule has 1 aromatic carbocycles. The maximum absolute atomic E-state index is 11.9. The Morgan fingerprint density at radius 2 is 2.21 bits per heavy atom. The maximum Gasteiger partial charge on any atom is 0.326 e. The number of carbonyl (C=O) groups is 2. The first-order chi connectivity index (χ1) is 8.95. The molecule has 0 fully saturated rings. The van der Waals surface area contributed by atoms with Crippen LogP contribution in [-0.4, -0.2) is 35.0 Å². The molecule has 0 saturated carbocycles. The molecule has 0 saturated heterocycles. The number of aliphatic carboxylic acids is 1. The van der Waals surface area contributed by atoms with E-state index in [1.54, 1.807) is 0 Å². The van der Waals surface area contributed by atoms with Crippen molar-refractivity contribution in [3.63, 3.8) is 0 Å². The van der Waals surface area contributed by atoms with Gasteiger partial charge in [0.2, 0.25) is 0 Å². The summed E-state index contributed by atoms with van der Waals surface area (Å²) in [5.74, 6) is -0.874. The van der Waals surface area contributed by atoms with E-state index in [1.807, 2.05) is 6.26 Å². The Morgan fingerprint density at radius 3 is 2.74 bits per heavy atom. The van der Waals surface area contributed by atoms with Crippen LogP contribution in [0.25, 0.3) is 0 Å². The Hall–Kier alpha value is -1.40. The molecule has 4 N–H and O–H groups in total. The standard InChI is InChI=1S/C12H15ClN2O3S/c1-19-5-4-10(12(17)18)15-11(16)7-2-3-8(13)9(14)6-7/h2-3,6,10H,4-5,14H2,1H3,(H,15,16)(H,17,18)/t10-/m1/s1. The van der Waals surface area contributed by atoms with Gasteiger partial charge in [-0.05, 0) is 36.6 Å². The number of hydrogen-bond donors (Lipinski definition) is 3. The number of carboxylic acids is 1. The summed E-state index contributed by atoms with van der Waals surface area (Å²) in [5.41, 5.74) is 6.17. The number of benzene rings is 1. The van der Waals surface area contributed by atoms with Crippen LogP contribution in [0, 0.1) is 0 Å². The minimum atomic E-state index is -1.05. The Balaban J connectivity index is 2.75. The molecule has 19 heavy (non-hydrogen) atoms. The van der Waals surface area contributed by atoms with Gasteiger partial charge in [-0.3, -0.25) is 4.79 Å². The molecule has 104 valence electrons. The second kappa shape index (κ2) is 7.25. The van der Waals surface area contributed by atoms with E-state index >= 15 is 0 Å². The third kappa shape index (κ3) is 4.65. The summed E-state index contributed by atoms with van der Waals surface area (Å²) < 4.78 is 0. The lowest BCUT2D eigenvalue weighted by Crippen LogP contribution is -2.41. The van der Waals surface area contributed by atoms with Crippen LogP contribution >= 0.6 is 23.4 Å². The molecule has 0 aliphatic heterocycles. The van der Waals surface area contributed by atoms with Crippen molar-refractivity contribution in [2.45, 2.75) is 12.5 Å². The van der Waals surface area contributed by atoms with Crippen LogP contribution in [0.3, 0.4) is 0 Å². The van der Waals surface area contributed by atoms with Crippen molar-refractivity contribution < 1.29 is 14.7 Å². The van der Waals surface area contributed by atoms with Crippen molar-refractivity contribution in [2.24, 2.45) is 0 Å². The third-order valence-corrected chi connectivity index (χ3v) is 3.46. The number of anilines is 1. The average molecular weight is 303 g/mol. The van der Waals surface area contributed by atoms with Gasteiger partial charge in [0.25, 0.3) is 5.91 Å². The van der Waals surface area contributed by atoms with Crippen molar-refractivity contribution in [3.8, 4) is 0 Å². The fourth-order valence-electron chi connectivity index (χ4n) is 1.42. The quantitative estimate of drug-likeness (QED) is 0.698. The van der Waals surface area contributed by atoms with Crippen molar-refractivity contribution in [1.29, 1.82) is 0 Å². The topological polar surface area (TPSA) is 92.4 Å². The lowest BCUT2D eigenvalue weighted by Gasteiger charge is -2.14. The highest BCUT2D eigenvalue weighted by Gasteiger charge is 2.20. The Kier molecular flexibility index (Phi) is 5.98. The number of carboxylic acid groups (broad SMARTS) is 1. The van der Waals surface area contributed by atoms with E-state index in [1.165, 1.54) is 30.0 Å². The van der Waals surface area contributed by atoms with E-state index in [4.69, 9.17) is 22.4 Å². The van der Waals surface area contributed by atoms with Crippen LogP contribution in [0.4, 0.5) is 5.69 Å². The summed E-state index contributed by atoms with van der Waals surface area (Å²) in [4.78, 5) is 22.9. The fraction of sp³-hybridized carbons (Fsp3) is 0.333. The zero-order valence-corrected chi connectivity index (χ0v) is 11.9. The molecular formula is C12H15ClN2O3S. The van der Waals surface area contributed by atoms with Gasteiger partial charge in [-0.2, -0.15) is 11.8 Å². The lowest BCUT2D eigenvalue weighted by molar-refractivity contribution is -0.139. The predicted octanol–water partition coefficient (Wildman–Crippen LogP) is 1.86. The molecule has 0 aliphatic carbocycles. The second-order valence-electron chi connectivity index (χ2n) is 3.88. The van der Waals surface area contributed by atoms with Crippen LogP contribution in [-0.2, 0) is 4.79 Å². The lowest BCUT2D eigenvalue weighted by atomic mass is 10.1. The zero-order valence-electron chi connectivity index (χ0n) is 10.4. The summed E-state index contributed by atoms with van der Waals surface area (Å²) >= 11 is 7.28. The molecular weight excluding hydrogens is 288 g/mol. The summed E-state index contributed by atoms with van der Waals surface area (Å²) in [5, 5.41) is 11.8. The first-order valence-corrected chi connectivity index (χ1v) is 7.30. The Morgan fingerprint density at radius 1 is 1.53 bits per heavy atom. The van der Waals surface area contributed by atoms with Crippen molar-refractivity contribution >= 4 is 40.9 Å². The molecule has 0 radical (unpaired) electrons. The summed E-state index contributed by atoms with van der Waals surface area (Å²) in [7, 11) is 0. The highest BCUT2D eigenvalue weighted by molar-refractivity contribution is 7.98. The van der Waals surface area contributed by atoms with Crippen LogP contribution in [0.1, 0.15) is 16.8 Å². The number of amides is 1. The van der Waals surface area contributed by atoms with Crippen molar-refractivity contribution in [3.05, 3.63) is 28.8 Å². The molecule has 0 heterocycles. The van der Waals surface area contributed by atoms with E-state index in [0.29, 0.717) is 17.2 Å². The molecule has 1 amide bonds. The normalized spacial score (nSPS) is 11.9. The minimum absolute atomic E-state index is 0.283. The Labute approximate surface area is 120 Å². The molecule has 1 rings (SSSR count). The van der Waals surface area contributed by atoms with Gasteiger partial charge in [0.1, 0.15) is 6.04 Å². The molecule has 0 aromatic heterocycles. The molecule has 0 aliphatic rings. The number of nitrogen functional groups attached to an aromatic ring is 1. The fourth-order valence-corrected chi connectivity index (χ4v) is 2.01. The van der Waals surface area contributed by atoms with Crippen molar-refractivity contribution in [2.75, 3.05) is 17.7 Å². The van der Waals surface area contributed by atoms with Crippen molar-refractivity contribution in [1.82, 2.24) is 5.32 Å². The second-order valence-corrected chi connectivity index (χ2v) is 5.27. The van der Waals surface area contributed by atoms with Crippen LogP contribution in [0.5, 0.6) is 0 Å². The van der Waals surface area contributed by atoms with Crippen LogP contribution in [0.15, 0.2) is 18.2 Å². The number of thioether (sulfide) groups is 1. The van der Waals surface area contributed by atoms with Crippen LogP contribution in [0.2, 0.25) is 5.02 Å².